The van der Waals surface area contributed by atoms with Crippen molar-refractivity contribution in [3.8, 4) is 0 Å². The fourth-order valence-corrected chi connectivity index (χ4v) is 3.42. The van der Waals surface area contributed by atoms with Gasteiger partial charge in [0.05, 0.1) is 0 Å². The van der Waals surface area contributed by atoms with Crippen molar-refractivity contribution in [1.29, 1.82) is 0 Å². The van der Waals surface area contributed by atoms with Gasteiger partial charge in [-0.05, 0) is 26.3 Å². The number of nitrogen functional groups attached to an aromatic ring is 1. The summed E-state index contributed by atoms with van der Waals surface area (Å²) in [6.45, 7) is 3.51. The van der Waals surface area contributed by atoms with Crippen molar-refractivity contribution >= 4 is 16.5 Å². The second kappa shape index (κ2) is 4.55. The van der Waals surface area contributed by atoms with Crippen molar-refractivity contribution in [2.45, 2.75) is 37.9 Å². The van der Waals surface area contributed by atoms with Gasteiger partial charge >= 0.3 is 0 Å². The van der Waals surface area contributed by atoms with Crippen LogP contribution >= 0.6 is 11.3 Å². The predicted molar refractivity (Wildman–Crippen MR) is 71.0 cm³/mol. The number of thiazole rings is 1. The van der Waals surface area contributed by atoms with E-state index < -0.39 is 0 Å². The van der Waals surface area contributed by atoms with Crippen LogP contribution in [0.4, 0.5) is 5.13 Å². The van der Waals surface area contributed by atoms with Crippen molar-refractivity contribution in [2.75, 3.05) is 25.9 Å². The van der Waals surface area contributed by atoms with E-state index in [-0.39, 0.29) is 0 Å². The van der Waals surface area contributed by atoms with Crippen molar-refractivity contribution in [2.24, 2.45) is 0 Å². The number of likely N-dealkylation sites (N-methyl/N-ethyl adjacent to an activating group) is 1. The fraction of sp³-hybridized carbons (Fsp3) is 0.750. The Balaban J connectivity index is 1.54. The first-order valence-electron chi connectivity index (χ1n) is 6.37. The summed E-state index contributed by atoms with van der Waals surface area (Å²) in [5, 5.41) is 0.680. The van der Waals surface area contributed by atoms with Gasteiger partial charge in [-0.3, -0.25) is 9.80 Å². The Morgan fingerprint density at radius 1 is 1.53 bits per heavy atom. The van der Waals surface area contributed by atoms with Crippen molar-refractivity contribution in [3.63, 3.8) is 0 Å². The highest BCUT2D eigenvalue weighted by molar-refractivity contribution is 7.15. The van der Waals surface area contributed by atoms with Gasteiger partial charge in [0.15, 0.2) is 5.13 Å². The fourth-order valence-electron chi connectivity index (χ4n) is 2.67. The van der Waals surface area contributed by atoms with Crippen molar-refractivity contribution in [3.05, 3.63) is 11.1 Å². The highest BCUT2D eigenvalue weighted by Crippen LogP contribution is 2.31. The van der Waals surface area contributed by atoms with E-state index in [2.05, 4.69) is 21.8 Å². The largest absolute Gasteiger partial charge is 0.375 e. The minimum absolute atomic E-state index is 0.680. The van der Waals surface area contributed by atoms with Gasteiger partial charge in [0.2, 0.25) is 0 Å². The lowest BCUT2D eigenvalue weighted by atomic mass is 10.2. The van der Waals surface area contributed by atoms with Crippen molar-refractivity contribution < 1.29 is 0 Å². The summed E-state index contributed by atoms with van der Waals surface area (Å²) >= 11 is 1.61. The maximum Gasteiger partial charge on any atom is 0.180 e. The van der Waals surface area contributed by atoms with Crippen LogP contribution < -0.4 is 5.73 Å². The minimum Gasteiger partial charge on any atom is -0.375 e. The van der Waals surface area contributed by atoms with Gasteiger partial charge in [-0.2, -0.15) is 0 Å². The lowest BCUT2D eigenvalue weighted by Crippen LogP contribution is -2.34. The first-order chi connectivity index (χ1) is 8.22. The molecule has 2 heterocycles. The Morgan fingerprint density at radius 2 is 2.35 bits per heavy atom. The third-order valence-corrected chi connectivity index (χ3v) is 4.67. The maximum absolute atomic E-state index is 5.66. The number of nitrogens with zero attached hydrogens (tertiary/aromatic N) is 3. The van der Waals surface area contributed by atoms with Crippen LogP contribution in [0, 0.1) is 0 Å². The molecule has 0 spiro atoms. The predicted octanol–water partition coefficient (Wildman–Crippen LogP) is 1.39. The van der Waals surface area contributed by atoms with E-state index in [4.69, 9.17) is 5.73 Å². The van der Waals surface area contributed by atoms with Crippen LogP contribution in [0.5, 0.6) is 0 Å². The Bertz CT molecular complexity index is 388. The van der Waals surface area contributed by atoms with Crippen LogP contribution in [0.2, 0.25) is 0 Å². The minimum atomic E-state index is 0.680. The molecule has 17 heavy (non-hydrogen) atoms. The van der Waals surface area contributed by atoms with Gasteiger partial charge < -0.3 is 5.73 Å². The summed E-state index contributed by atoms with van der Waals surface area (Å²) in [5.74, 6) is 0. The van der Waals surface area contributed by atoms with Gasteiger partial charge in [0.1, 0.15) is 0 Å². The van der Waals surface area contributed by atoms with Gasteiger partial charge in [-0.1, -0.05) is 0 Å². The van der Waals surface area contributed by atoms with E-state index in [0.717, 1.165) is 12.6 Å². The molecule has 1 aromatic rings. The number of hydrogen-bond donors (Lipinski definition) is 1. The summed E-state index contributed by atoms with van der Waals surface area (Å²) < 4.78 is 0. The molecule has 0 bridgehead atoms. The molecule has 2 fully saturated rings. The zero-order chi connectivity index (χ0) is 11.8. The molecule has 0 aromatic carbocycles. The first kappa shape index (κ1) is 11.4. The summed E-state index contributed by atoms with van der Waals surface area (Å²) in [7, 11) is 2.22. The van der Waals surface area contributed by atoms with Gasteiger partial charge in [-0.25, -0.2) is 4.98 Å². The van der Waals surface area contributed by atoms with Crippen LogP contribution in [0.1, 0.15) is 24.1 Å². The average molecular weight is 252 g/mol. The topological polar surface area (TPSA) is 45.4 Å². The molecule has 5 heteroatoms. The normalized spacial score (nSPS) is 25.9. The number of nitrogens with two attached hydrogens (primary N) is 1. The molecule has 4 nitrogen and oxygen atoms in total. The van der Waals surface area contributed by atoms with Crippen LogP contribution in [0.15, 0.2) is 6.20 Å². The molecule has 1 aliphatic heterocycles. The molecule has 0 radical (unpaired) electrons. The summed E-state index contributed by atoms with van der Waals surface area (Å²) in [4.78, 5) is 10.5. The summed E-state index contributed by atoms with van der Waals surface area (Å²) in [5.41, 5.74) is 5.66. The molecule has 1 unspecified atom stereocenters. The average Bonchev–Trinajstić information content (AvgIpc) is 2.88. The number of rotatable bonds is 4. The smallest absolute Gasteiger partial charge is 0.180 e. The van der Waals surface area contributed by atoms with Gasteiger partial charge in [0.25, 0.3) is 0 Å². The highest BCUT2D eigenvalue weighted by atomic mass is 32.1. The van der Waals surface area contributed by atoms with E-state index in [0.29, 0.717) is 11.2 Å². The molecule has 3 rings (SSSR count). The maximum atomic E-state index is 5.66. The molecule has 1 aliphatic carbocycles. The second-order valence-electron chi connectivity index (χ2n) is 5.25. The SMILES string of the molecule is CN(Cc1cnc(N)s1)C1CCN(C2CC2)C1. The number of likely N-dealkylation sites (tertiary alicyclic amines) is 1. The Hall–Kier alpha value is -0.650. The molecule has 1 aromatic heterocycles. The molecule has 1 saturated carbocycles. The Labute approximate surface area is 106 Å². The molecule has 1 atom stereocenters. The zero-order valence-corrected chi connectivity index (χ0v) is 11.1. The quantitative estimate of drug-likeness (QED) is 0.879. The van der Waals surface area contributed by atoms with E-state index in [1.165, 1.54) is 37.2 Å². The Kier molecular flexibility index (Phi) is 3.06. The molecule has 2 aliphatic rings. The van der Waals surface area contributed by atoms with E-state index in [9.17, 15) is 0 Å². The molecular formula is C12H20N4S. The van der Waals surface area contributed by atoms with Gasteiger partial charge in [0, 0.05) is 42.8 Å². The standard InChI is InChI=1S/C12H20N4S/c1-15(8-11-6-14-12(13)17-11)10-4-5-16(7-10)9-2-3-9/h6,9-10H,2-5,7-8H2,1H3,(H2,13,14). The molecule has 0 amide bonds. The first-order valence-corrected chi connectivity index (χ1v) is 7.18. The zero-order valence-electron chi connectivity index (χ0n) is 10.3. The third-order valence-electron chi connectivity index (χ3n) is 3.86. The summed E-state index contributed by atoms with van der Waals surface area (Å²) in [6.07, 6.45) is 6.05. The lowest BCUT2D eigenvalue weighted by molar-refractivity contribution is 0.223. The highest BCUT2D eigenvalue weighted by Gasteiger charge is 2.35. The monoisotopic (exact) mass is 252 g/mol. The van der Waals surface area contributed by atoms with E-state index in [1.54, 1.807) is 11.3 Å². The van der Waals surface area contributed by atoms with E-state index in [1.807, 2.05) is 6.20 Å². The number of aromatic nitrogens is 1. The molecule has 1 saturated heterocycles. The number of hydrogen-bond acceptors (Lipinski definition) is 5. The lowest BCUT2D eigenvalue weighted by Gasteiger charge is -2.24. The number of anilines is 1. The second-order valence-corrected chi connectivity index (χ2v) is 6.40. The van der Waals surface area contributed by atoms with E-state index >= 15 is 0 Å². The molecule has 2 N–H and O–H groups in total. The van der Waals surface area contributed by atoms with Crippen LogP contribution in [0.25, 0.3) is 0 Å². The van der Waals surface area contributed by atoms with Gasteiger partial charge in [-0.15, -0.1) is 11.3 Å². The summed E-state index contributed by atoms with van der Waals surface area (Å²) in [6, 6.07) is 1.62. The molecular weight excluding hydrogens is 232 g/mol. The van der Waals surface area contributed by atoms with Crippen LogP contribution in [-0.2, 0) is 6.54 Å². The third kappa shape index (κ3) is 2.61. The molecule has 94 valence electrons. The van der Waals surface area contributed by atoms with Crippen LogP contribution in [-0.4, -0.2) is 47.0 Å². The van der Waals surface area contributed by atoms with Crippen LogP contribution in [0.3, 0.4) is 0 Å². The Morgan fingerprint density at radius 3 is 3.00 bits per heavy atom. The van der Waals surface area contributed by atoms with Crippen molar-refractivity contribution in [1.82, 2.24) is 14.8 Å².